The van der Waals surface area contributed by atoms with Crippen LogP contribution in [0.2, 0.25) is 5.02 Å². The second-order valence-corrected chi connectivity index (χ2v) is 9.48. The van der Waals surface area contributed by atoms with E-state index < -0.39 is 9.84 Å². The van der Waals surface area contributed by atoms with E-state index in [1.54, 1.807) is 19.2 Å². The van der Waals surface area contributed by atoms with Gasteiger partial charge in [0.05, 0.1) is 23.3 Å². The van der Waals surface area contributed by atoms with Crippen LogP contribution in [0.5, 0.6) is 5.75 Å². The molecule has 0 saturated heterocycles. The van der Waals surface area contributed by atoms with Crippen molar-refractivity contribution in [3.63, 3.8) is 0 Å². The summed E-state index contributed by atoms with van der Waals surface area (Å²) in [5, 5.41) is 9.73. The fraction of sp³-hybridized carbons (Fsp3) is 0.263. The minimum absolute atomic E-state index is 0.000134. The molecule has 3 rings (SSSR count). The second kappa shape index (κ2) is 8.98. The predicted octanol–water partition coefficient (Wildman–Crippen LogP) is 4.19. The van der Waals surface area contributed by atoms with Crippen LogP contribution >= 0.6 is 23.4 Å². The molecule has 1 aromatic heterocycles. The Morgan fingerprint density at radius 3 is 2.50 bits per heavy atom. The Labute approximate surface area is 173 Å². The molecule has 0 spiro atoms. The van der Waals surface area contributed by atoms with Crippen molar-refractivity contribution in [1.29, 1.82) is 0 Å². The Kier molecular flexibility index (Phi) is 6.64. The van der Waals surface area contributed by atoms with Crippen molar-refractivity contribution in [3.8, 4) is 17.1 Å². The van der Waals surface area contributed by atoms with Crippen LogP contribution in [-0.4, -0.2) is 41.8 Å². The number of ether oxygens (including phenoxy) is 1. The lowest BCUT2D eigenvalue weighted by Gasteiger charge is -2.10. The molecule has 1 heterocycles. The molecule has 0 saturated carbocycles. The van der Waals surface area contributed by atoms with Crippen molar-refractivity contribution in [2.24, 2.45) is 0 Å². The van der Waals surface area contributed by atoms with E-state index in [0.29, 0.717) is 34.1 Å². The van der Waals surface area contributed by atoms with Gasteiger partial charge in [0.15, 0.2) is 20.8 Å². The number of para-hydroxylation sites is 1. The summed E-state index contributed by atoms with van der Waals surface area (Å²) in [7, 11) is -1.77. The van der Waals surface area contributed by atoms with Gasteiger partial charge in [0, 0.05) is 17.3 Å². The zero-order chi connectivity index (χ0) is 20.1. The minimum atomic E-state index is -3.38. The molecule has 0 fully saturated rings. The molecule has 0 amide bonds. The molecule has 0 bridgehead atoms. The second-order valence-electron chi connectivity index (χ2n) is 5.87. The Morgan fingerprint density at radius 1 is 1.11 bits per heavy atom. The van der Waals surface area contributed by atoms with Crippen molar-refractivity contribution in [1.82, 2.24) is 14.8 Å². The third-order valence-electron chi connectivity index (χ3n) is 4.14. The van der Waals surface area contributed by atoms with E-state index in [0.717, 1.165) is 5.56 Å². The van der Waals surface area contributed by atoms with E-state index in [-0.39, 0.29) is 10.6 Å². The van der Waals surface area contributed by atoms with Gasteiger partial charge < -0.3 is 9.30 Å². The lowest BCUT2D eigenvalue weighted by molar-refractivity contribution is 0.416. The summed E-state index contributed by atoms with van der Waals surface area (Å²) in [6, 6.07) is 13.8. The van der Waals surface area contributed by atoms with Crippen LogP contribution in [0.1, 0.15) is 6.92 Å². The first-order valence-electron chi connectivity index (χ1n) is 8.64. The SMILES string of the molecule is CCn1c(SCCS(=O)(=O)c2ccc(Cl)cc2)nnc1-c1ccccc1OC. The highest BCUT2D eigenvalue weighted by atomic mass is 35.5. The van der Waals surface area contributed by atoms with E-state index >= 15 is 0 Å². The molecule has 28 heavy (non-hydrogen) atoms. The normalized spacial score (nSPS) is 11.5. The van der Waals surface area contributed by atoms with Gasteiger partial charge in [-0.15, -0.1) is 10.2 Å². The first-order valence-corrected chi connectivity index (χ1v) is 11.7. The summed E-state index contributed by atoms with van der Waals surface area (Å²) in [5.41, 5.74) is 0.847. The van der Waals surface area contributed by atoms with Crippen molar-refractivity contribution < 1.29 is 13.2 Å². The van der Waals surface area contributed by atoms with Crippen molar-refractivity contribution >= 4 is 33.2 Å². The number of aromatic nitrogens is 3. The van der Waals surface area contributed by atoms with E-state index in [1.165, 1.54) is 23.9 Å². The average Bonchev–Trinajstić information content (AvgIpc) is 3.10. The summed E-state index contributed by atoms with van der Waals surface area (Å²) >= 11 is 7.20. The Hall–Kier alpha value is -2.03. The molecule has 0 aliphatic carbocycles. The fourth-order valence-electron chi connectivity index (χ4n) is 2.71. The molecule has 2 aromatic carbocycles. The van der Waals surface area contributed by atoms with E-state index in [1.807, 2.05) is 35.8 Å². The van der Waals surface area contributed by atoms with Gasteiger partial charge in [-0.1, -0.05) is 35.5 Å². The number of benzene rings is 2. The standard InChI is InChI=1S/C19H20ClN3O3S2/c1-3-23-18(16-6-4-5-7-17(16)26-2)21-22-19(23)27-12-13-28(24,25)15-10-8-14(20)9-11-15/h4-11H,3,12-13H2,1-2H3. The number of methoxy groups -OCH3 is 1. The monoisotopic (exact) mass is 437 g/mol. The smallest absolute Gasteiger partial charge is 0.191 e. The molecule has 0 radical (unpaired) electrons. The molecule has 0 unspecified atom stereocenters. The third-order valence-corrected chi connectivity index (χ3v) is 7.35. The van der Waals surface area contributed by atoms with Crippen LogP contribution in [0.15, 0.2) is 58.6 Å². The lowest BCUT2D eigenvalue weighted by Crippen LogP contribution is -2.09. The Balaban J connectivity index is 1.75. The highest BCUT2D eigenvalue weighted by Crippen LogP contribution is 2.31. The summed E-state index contributed by atoms with van der Waals surface area (Å²) in [6.07, 6.45) is 0. The summed E-state index contributed by atoms with van der Waals surface area (Å²) < 4.78 is 32.3. The van der Waals surface area contributed by atoms with Crippen molar-refractivity contribution in [2.75, 3.05) is 18.6 Å². The summed E-state index contributed by atoms with van der Waals surface area (Å²) in [6.45, 7) is 2.66. The van der Waals surface area contributed by atoms with Crippen LogP contribution in [0, 0.1) is 0 Å². The maximum absolute atomic E-state index is 12.5. The minimum Gasteiger partial charge on any atom is -0.496 e. The van der Waals surface area contributed by atoms with Gasteiger partial charge in [-0.25, -0.2) is 8.42 Å². The molecule has 0 N–H and O–H groups in total. The number of hydrogen-bond donors (Lipinski definition) is 0. The van der Waals surface area contributed by atoms with Crippen molar-refractivity contribution in [3.05, 3.63) is 53.6 Å². The highest BCUT2D eigenvalue weighted by Gasteiger charge is 2.18. The molecule has 0 aliphatic rings. The van der Waals surface area contributed by atoms with Gasteiger partial charge >= 0.3 is 0 Å². The van der Waals surface area contributed by atoms with Crippen LogP contribution < -0.4 is 4.74 Å². The van der Waals surface area contributed by atoms with Crippen LogP contribution in [0.4, 0.5) is 0 Å². The number of hydrogen-bond acceptors (Lipinski definition) is 6. The van der Waals surface area contributed by atoms with Gasteiger partial charge in [0.2, 0.25) is 0 Å². The fourth-order valence-corrected chi connectivity index (χ4v) is 5.49. The van der Waals surface area contributed by atoms with Gasteiger partial charge in [0.1, 0.15) is 5.75 Å². The van der Waals surface area contributed by atoms with Gasteiger partial charge in [-0.05, 0) is 43.3 Å². The number of halogens is 1. The average molecular weight is 438 g/mol. The van der Waals surface area contributed by atoms with Crippen LogP contribution in [0.3, 0.4) is 0 Å². The van der Waals surface area contributed by atoms with E-state index in [2.05, 4.69) is 10.2 Å². The van der Waals surface area contributed by atoms with E-state index in [9.17, 15) is 8.42 Å². The Morgan fingerprint density at radius 2 is 1.82 bits per heavy atom. The van der Waals surface area contributed by atoms with E-state index in [4.69, 9.17) is 16.3 Å². The maximum Gasteiger partial charge on any atom is 0.191 e. The maximum atomic E-state index is 12.5. The Bertz CT molecular complexity index is 1050. The summed E-state index contributed by atoms with van der Waals surface area (Å²) in [4.78, 5) is 0.268. The number of thioether (sulfide) groups is 1. The topological polar surface area (TPSA) is 74.1 Å². The number of nitrogens with zero attached hydrogens (tertiary/aromatic N) is 3. The van der Waals surface area contributed by atoms with Gasteiger partial charge in [-0.3, -0.25) is 0 Å². The molecule has 3 aromatic rings. The quantitative estimate of drug-likeness (QED) is 0.492. The van der Waals surface area contributed by atoms with Crippen LogP contribution in [0.25, 0.3) is 11.4 Å². The number of rotatable bonds is 8. The third kappa shape index (κ3) is 4.51. The van der Waals surface area contributed by atoms with Gasteiger partial charge in [0.25, 0.3) is 0 Å². The highest BCUT2D eigenvalue weighted by molar-refractivity contribution is 8.00. The first-order chi connectivity index (χ1) is 13.5. The molecule has 6 nitrogen and oxygen atoms in total. The molecule has 148 valence electrons. The molecule has 0 aliphatic heterocycles. The molecule has 0 atom stereocenters. The number of sulfone groups is 1. The summed E-state index contributed by atoms with van der Waals surface area (Å²) in [5.74, 6) is 1.78. The first kappa shape index (κ1) is 20.7. The van der Waals surface area contributed by atoms with Crippen molar-refractivity contribution in [2.45, 2.75) is 23.5 Å². The zero-order valence-corrected chi connectivity index (χ0v) is 17.9. The molecular weight excluding hydrogens is 418 g/mol. The lowest BCUT2D eigenvalue weighted by atomic mass is 10.2. The zero-order valence-electron chi connectivity index (χ0n) is 15.5. The largest absolute Gasteiger partial charge is 0.496 e. The van der Waals surface area contributed by atoms with Gasteiger partial charge in [-0.2, -0.15) is 0 Å². The predicted molar refractivity (Wildman–Crippen MR) is 112 cm³/mol. The molecule has 9 heteroatoms. The molecular formula is C19H20ClN3O3S2. The van der Waals surface area contributed by atoms with Crippen LogP contribution in [-0.2, 0) is 16.4 Å².